The second-order valence-electron chi connectivity index (χ2n) is 4.66. The number of hydrogen-bond acceptors (Lipinski definition) is 5. The molecular formula is C17H16N2O3S. The van der Waals surface area contributed by atoms with Crippen LogP contribution in [0.5, 0.6) is 11.5 Å². The minimum Gasteiger partial charge on any atom is -0.493 e. The zero-order valence-electron chi connectivity index (χ0n) is 13.0. The van der Waals surface area contributed by atoms with E-state index in [9.17, 15) is 10.1 Å². The number of benzene rings is 1. The van der Waals surface area contributed by atoms with E-state index in [0.717, 1.165) is 10.4 Å². The highest BCUT2D eigenvalue weighted by Gasteiger charge is 2.12. The van der Waals surface area contributed by atoms with Gasteiger partial charge in [0.25, 0.3) is 5.91 Å². The molecule has 0 aliphatic rings. The van der Waals surface area contributed by atoms with Crippen molar-refractivity contribution in [2.45, 2.75) is 6.92 Å². The Bertz CT molecular complexity index is 787. The Kier molecular flexibility index (Phi) is 5.39. The number of amides is 1. The molecule has 2 rings (SSSR count). The Morgan fingerprint density at radius 1 is 1.26 bits per heavy atom. The second-order valence-corrected chi connectivity index (χ2v) is 5.61. The molecule has 0 spiro atoms. The number of carbonyl (C=O) groups is 1. The Balaban J connectivity index is 2.22. The zero-order chi connectivity index (χ0) is 16.8. The van der Waals surface area contributed by atoms with Gasteiger partial charge in [-0.2, -0.15) is 5.26 Å². The molecule has 1 N–H and O–H groups in total. The minimum atomic E-state index is -0.465. The van der Waals surface area contributed by atoms with Gasteiger partial charge in [0.1, 0.15) is 11.6 Å². The van der Waals surface area contributed by atoms with Crippen LogP contribution in [0.2, 0.25) is 0 Å². The number of anilines is 1. The monoisotopic (exact) mass is 328 g/mol. The maximum Gasteiger partial charge on any atom is 0.266 e. The lowest BCUT2D eigenvalue weighted by Gasteiger charge is -2.10. The first-order valence-corrected chi connectivity index (χ1v) is 7.66. The molecule has 2 aromatic rings. The van der Waals surface area contributed by atoms with Gasteiger partial charge in [0.2, 0.25) is 0 Å². The molecule has 0 aliphatic carbocycles. The van der Waals surface area contributed by atoms with Gasteiger partial charge in [0.15, 0.2) is 11.5 Å². The summed E-state index contributed by atoms with van der Waals surface area (Å²) >= 11 is 1.48. The van der Waals surface area contributed by atoms with Crippen molar-refractivity contribution in [1.82, 2.24) is 0 Å². The lowest BCUT2D eigenvalue weighted by atomic mass is 10.2. The summed E-state index contributed by atoms with van der Waals surface area (Å²) < 4.78 is 10.3. The van der Waals surface area contributed by atoms with Crippen molar-refractivity contribution >= 4 is 29.0 Å². The quantitative estimate of drug-likeness (QED) is 0.672. The number of nitrogens with zero attached hydrogens (tertiary/aromatic N) is 1. The number of nitrogens with one attached hydrogen (secondary N) is 1. The van der Waals surface area contributed by atoms with Crippen molar-refractivity contribution in [2.75, 3.05) is 19.5 Å². The molecule has 0 fully saturated rings. The topological polar surface area (TPSA) is 71.3 Å². The van der Waals surface area contributed by atoms with Gasteiger partial charge in [-0.25, -0.2) is 0 Å². The molecule has 0 radical (unpaired) electrons. The number of rotatable bonds is 5. The van der Waals surface area contributed by atoms with Gasteiger partial charge in [0, 0.05) is 16.6 Å². The first kappa shape index (κ1) is 16.6. The van der Waals surface area contributed by atoms with Crippen LogP contribution in [0.15, 0.2) is 35.2 Å². The maximum absolute atomic E-state index is 12.3. The van der Waals surface area contributed by atoms with Crippen LogP contribution < -0.4 is 14.8 Å². The SMILES string of the molecule is COc1ccc(NC(=O)/C(C#N)=C/c2sccc2C)cc1OC. The van der Waals surface area contributed by atoms with Crippen LogP contribution in [0.25, 0.3) is 6.08 Å². The molecule has 23 heavy (non-hydrogen) atoms. The summed E-state index contributed by atoms with van der Waals surface area (Å²) in [4.78, 5) is 13.2. The zero-order valence-corrected chi connectivity index (χ0v) is 13.9. The Hall–Kier alpha value is -2.78. The van der Waals surface area contributed by atoms with E-state index in [2.05, 4.69) is 5.32 Å². The number of thiophene rings is 1. The number of carbonyl (C=O) groups excluding carboxylic acids is 1. The Labute approximate surface area is 138 Å². The Morgan fingerprint density at radius 2 is 2.00 bits per heavy atom. The van der Waals surface area contributed by atoms with Crippen molar-refractivity contribution in [3.8, 4) is 17.6 Å². The average molecular weight is 328 g/mol. The third-order valence-corrected chi connectivity index (χ3v) is 4.15. The van der Waals surface area contributed by atoms with Gasteiger partial charge in [-0.3, -0.25) is 4.79 Å². The molecule has 0 unspecified atom stereocenters. The minimum absolute atomic E-state index is 0.0466. The van der Waals surface area contributed by atoms with E-state index in [1.807, 2.05) is 24.4 Å². The van der Waals surface area contributed by atoms with Crippen LogP contribution in [0.3, 0.4) is 0 Å². The highest BCUT2D eigenvalue weighted by Crippen LogP contribution is 2.30. The van der Waals surface area contributed by atoms with Crippen LogP contribution in [0.1, 0.15) is 10.4 Å². The van der Waals surface area contributed by atoms with Crippen molar-refractivity contribution in [1.29, 1.82) is 5.26 Å². The van der Waals surface area contributed by atoms with Crippen molar-refractivity contribution in [3.05, 3.63) is 45.7 Å². The fraction of sp³-hybridized carbons (Fsp3) is 0.176. The molecule has 1 aromatic carbocycles. The summed E-state index contributed by atoms with van der Waals surface area (Å²) in [7, 11) is 3.06. The number of nitriles is 1. The lowest BCUT2D eigenvalue weighted by molar-refractivity contribution is -0.112. The van der Waals surface area contributed by atoms with Gasteiger partial charge in [-0.1, -0.05) is 0 Å². The largest absolute Gasteiger partial charge is 0.493 e. The summed E-state index contributed by atoms with van der Waals surface area (Å²) in [5, 5.41) is 13.8. The molecule has 5 nitrogen and oxygen atoms in total. The van der Waals surface area contributed by atoms with E-state index in [0.29, 0.717) is 17.2 Å². The average Bonchev–Trinajstić information content (AvgIpc) is 2.97. The van der Waals surface area contributed by atoms with Crippen LogP contribution in [0, 0.1) is 18.3 Å². The molecule has 1 amide bonds. The van der Waals surface area contributed by atoms with Gasteiger partial charge in [0.05, 0.1) is 14.2 Å². The first-order chi connectivity index (χ1) is 11.1. The van der Waals surface area contributed by atoms with E-state index >= 15 is 0 Å². The van der Waals surface area contributed by atoms with E-state index in [1.165, 1.54) is 25.6 Å². The van der Waals surface area contributed by atoms with Crippen molar-refractivity contribution in [3.63, 3.8) is 0 Å². The summed E-state index contributed by atoms with van der Waals surface area (Å²) in [5.74, 6) is 0.602. The number of hydrogen-bond donors (Lipinski definition) is 1. The van der Waals surface area contributed by atoms with E-state index in [-0.39, 0.29) is 5.57 Å². The Morgan fingerprint density at radius 3 is 2.57 bits per heavy atom. The van der Waals surface area contributed by atoms with Crippen molar-refractivity contribution < 1.29 is 14.3 Å². The molecule has 0 bridgehead atoms. The van der Waals surface area contributed by atoms with Gasteiger partial charge in [-0.15, -0.1) is 11.3 Å². The highest BCUT2D eigenvalue weighted by molar-refractivity contribution is 7.11. The molecule has 0 aliphatic heterocycles. The first-order valence-electron chi connectivity index (χ1n) is 6.78. The predicted molar refractivity (Wildman–Crippen MR) is 90.8 cm³/mol. The molecule has 0 saturated heterocycles. The van der Waals surface area contributed by atoms with Gasteiger partial charge < -0.3 is 14.8 Å². The molecule has 6 heteroatoms. The summed E-state index contributed by atoms with van der Waals surface area (Å²) in [5.41, 5.74) is 1.60. The molecule has 1 aromatic heterocycles. The fourth-order valence-electron chi connectivity index (χ4n) is 1.92. The summed E-state index contributed by atoms with van der Waals surface area (Å²) in [6.07, 6.45) is 1.59. The number of ether oxygens (including phenoxy) is 2. The van der Waals surface area contributed by atoms with Crippen molar-refractivity contribution in [2.24, 2.45) is 0 Å². The summed E-state index contributed by atoms with van der Waals surface area (Å²) in [6, 6.07) is 8.89. The predicted octanol–water partition coefficient (Wildman–Crippen LogP) is 3.62. The molecule has 0 atom stereocenters. The molecular weight excluding hydrogens is 312 g/mol. The van der Waals surface area contributed by atoms with Crippen LogP contribution in [-0.2, 0) is 4.79 Å². The standard InChI is InChI=1S/C17H16N2O3S/c1-11-6-7-23-16(11)8-12(10-18)17(20)19-13-4-5-14(21-2)15(9-13)22-3/h4-9H,1-3H3,(H,19,20)/b12-8+. The second kappa shape index (κ2) is 7.47. The van der Waals surface area contributed by atoms with E-state index in [1.54, 1.807) is 24.3 Å². The number of aryl methyl sites for hydroxylation is 1. The maximum atomic E-state index is 12.3. The molecule has 1 heterocycles. The molecule has 0 saturated carbocycles. The third-order valence-electron chi connectivity index (χ3n) is 3.18. The van der Waals surface area contributed by atoms with E-state index < -0.39 is 5.91 Å². The third kappa shape index (κ3) is 3.90. The highest BCUT2D eigenvalue weighted by atomic mass is 32.1. The number of methoxy groups -OCH3 is 2. The van der Waals surface area contributed by atoms with Crippen LogP contribution in [-0.4, -0.2) is 20.1 Å². The van der Waals surface area contributed by atoms with E-state index in [4.69, 9.17) is 9.47 Å². The smallest absolute Gasteiger partial charge is 0.266 e. The molecule has 118 valence electrons. The summed E-state index contributed by atoms with van der Waals surface area (Å²) in [6.45, 7) is 1.93. The van der Waals surface area contributed by atoms with Gasteiger partial charge >= 0.3 is 0 Å². The van der Waals surface area contributed by atoms with Crippen LogP contribution >= 0.6 is 11.3 Å². The fourth-order valence-corrected chi connectivity index (χ4v) is 2.78. The normalized spacial score (nSPS) is 10.8. The lowest BCUT2D eigenvalue weighted by Crippen LogP contribution is -2.13. The van der Waals surface area contributed by atoms with Gasteiger partial charge in [-0.05, 0) is 42.1 Å². The van der Waals surface area contributed by atoms with Crippen LogP contribution in [0.4, 0.5) is 5.69 Å².